The number of carbonyl (C=O) groups excluding carboxylic acids is 1. The van der Waals surface area contributed by atoms with Crippen LogP contribution in [0.25, 0.3) is 44.1 Å². The average Bonchev–Trinajstić information content (AvgIpc) is 3.04. The normalized spacial score (nSPS) is 13.3. The molecule has 5 aromatic rings. The molecule has 0 amide bonds. The fourth-order valence-corrected chi connectivity index (χ4v) is 6.54. The van der Waals surface area contributed by atoms with E-state index in [1.54, 1.807) is 0 Å². The van der Waals surface area contributed by atoms with Crippen LogP contribution in [0, 0.1) is 17.9 Å². The monoisotopic (exact) mass is 776 g/mol. The van der Waals surface area contributed by atoms with E-state index in [9.17, 15) is 9.90 Å². The molecule has 45 heavy (non-hydrogen) atoms. The molecule has 0 aliphatic heterocycles. The van der Waals surface area contributed by atoms with Gasteiger partial charge in [-0.25, -0.2) is 0 Å². The zero-order chi connectivity index (χ0) is 31.4. The van der Waals surface area contributed by atoms with Gasteiger partial charge in [0, 0.05) is 55.5 Å². The number of aromatic nitrogens is 2. The molecular weight excluding hydrogens is 733 g/mol. The Morgan fingerprint density at radius 2 is 1.53 bits per heavy atom. The Kier molecular flexibility index (Phi) is 11.1. The third kappa shape index (κ3) is 6.66. The van der Waals surface area contributed by atoms with E-state index in [0.717, 1.165) is 59.3 Å². The summed E-state index contributed by atoms with van der Waals surface area (Å²) in [4.78, 5) is 21.7. The minimum absolute atomic E-state index is 0. The predicted molar refractivity (Wildman–Crippen MR) is 183 cm³/mol. The van der Waals surface area contributed by atoms with Crippen molar-refractivity contribution in [2.24, 2.45) is 11.8 Å². The van der Waals surface area contributed by atoms with Crippen molar-refractivity contribution < 1.29 is 30.0 Å². The molecule has 2 heterocycles. The van der Waals surface area contributed by atoms with Crippen molar-refractivity contribution in [3.05, 3.63) is 108 Å². The van der Waals surface area contributed by atoms with Gasteiger partial charge >= 0.3 is 0 Å². The van der Waals surface area contributed by atoms with E-state index in [-0.39, 0.29) is 48.9 Å². The number of nitrogens with zero attached hydrogens (tertiary/aromatic N) is 2. The number of allylic oxidation sites excluding steroid dienone is 2. The molecule has 0 bridgehead atoms. The Bertz CT molecular complexity index is 1820. The van der Waals surface area contributed by atoms with Crippen LogP contribution in [-0.2, 0) is 30.3 Å². The van der Waals surface area contributed by atoms with Gasteiger partial charge in [-0.2, -0.15) is 0 Å². The van der Waals surface area contributed by atoms with Crippen molar-refractivity contribution in [1.29, 1.82) is 0 Å². The molecule has 1 aliphatic carbocycles. The maximum Gasteiger partial charge on any atom is 0.162 e. The quantitative estimate of drug-likeness (QED) is 0.0969. The third-order valence-corrected chi connectivity index (χ3v) is 9.20. The second-order valence-electron chi connectivity index (χ2n) is 12.2. The van der Waals surface area contributed by atoms with E-state index < -0.39 is 0 Å². The van der Waals surface area contributed by atoms with Gasteiger partial charge in [0.2, 0.25) is 0 Å². The summed E-state index contributed by atoms with van der Waals surface area (Å²) in [5.41, 5.74) is 6.33. The molecule has 0 spiro atoms. The number of benzene rings is 3. The van der Waals surface area contributed by atoms with Crippen LogP contribution in [0.2, 0.25) is 0 Å². The molecule has 0 saturated carbocycles. The smallest absolute Gasteiger partial charge is 0.162 e. The topological polar surface area (TPSA) is 63.1 Å². The van der Waals surface area contributed by atoms with Gasteiger partial charge in [-0.1, -0.05) is 107 Å². The summed E-state index contributed by atoms with van der Waals surface area (Å²) in [6, 6.07) is 28.9. The van der Waals surface area contributed by atoms with E-state index >= 15 is 0 Å². The first-order valence-corrected chi connectivity index (χ1v) is 16.0. The van der Waals surface area contributed by atoms with Crippen molar-refractivity contribution in [3.8, 4) is 22.5 Å². The van der Waals surface area contributed by atoms with Crippen LogP contribution in [0.15, 0.2) is 90.8 Å². The minimum Gasteiger partial charge on any atom is -0.512 e. The van der Waals surface area contributed by atoms with Gasteiger partial charge in [0.15, 0.2) is 5.78 Å². The number of rotatable bonds is 8. The van der Waals surface area contributed by atoms with Crippen molar-refractivity contribution in [3.63, 3.8) is 0 Å². The van der Waals surface area contributed by atoms with Gasteiger partial charge in [-0.3, -0.25) is 9.78 Å². The molecule has 4 nitrogen and oxygen atoms in total. The molecular formula is C40H43IrN2O2-. The molecule has 1 radical (unpaired) electrons. The first kappa shape index (κ1) is 34.2. The molecule has 235 valence electrons. The summed E-state index contributed by atoms with van der Waals surface area (Å²) in [6.45, 7) is 12.6. The van der Waals surface area contributed by atoms with Crippen LogP contribution < -0.4 is 0 Å². The Labute approximate surface area is 281 Å². The Morgan fingerprint density at radius 1 is 0.889 bits per heavy atom. The largest absolute Gasteiger partial charge is 0.512 e. The van der Waals surface area contributed by atoms with E-state index in [1.165, 1.54) is 27.8 Å². The van der Waals surface area contributed by atoms with E-state index in [2.05, 4.69) is 86.6 Å². The number of aliphatic hydroxyl groups is 1. The molecule has 6 rings (SSSR count). The predicted octanol–water partition coefficient (Wildman–Crippen LogP) is 10.4. The summed E-state index contributed by atoms with van der Waals surface area (Å²) < 4.78 is 0. The van der Waals surface area contributed by atoms with Crippen LogP contribution in [0.5, 0.6) is 0 Å². The third-order valence-electron chi connectivity index (χ3n) is 9.20. The molecule has 0 fully saturated rings. The Morgan fingerprint density at radius 3 is 2.20 bits per heavy atom. The number of fused-ring (bicyclic) bond motifs is 4. The van der Waals surface area contributed by atoms with Gasteiger partial charge in [-0.15, -0.1) is 23.3 Å². The maximum atomic E-state index is 11.7. The Balaban J connectivity index is 0.000000249. The van der Waals surface area contributed by atoms with Crippen LogP contribution >= 0.6 is 0 Å². The van der Waals surface area contributed by atoms with Crippen molar-refractivity contribution >= 4 is 27.3 Å². The van der Waals surface area contributed by atoms with E-state index in [4.69, 9.17) is 9.97 Å². The molecule has 3 aromatic carbocycles. The van der Waals surface area contributed by atoms with Crippen LogP contribution in [0.3, 0.4) is 0 Å². The van der Waals surface area contributed by atoms with Gasteiger partial charge in [-0.05, 0) is 59.7 Å². The van der Waals surface area contributed by atoms with Gasteiger partial charge in [0.25, 0.3) is 0 Å². The first-order valence-electron chi connectivity index (χ1n) is 16.0. The van der Waals surface area contributed by atoms with Crippen molar-refractivity contribution in [1.82, 2.24) is 9.97 Å². The van der Waals surface area contributed by atoms with Crippen LogP contribution in [-0.4, -0.2) is 20.9 Å². The molecule has 0 saturated heterocycles. The average molecular weight is 776 g/mol. The molecule has 2 aromatic heterocycles. The maximum absolute atomic E-state index is 11.7. The summed E-state index contributed by atoms with van der Waals surface area (Å²) in [5.74, 6) is 0.547. The molecule has 1 aliphatic rings. The SMILES string of the molecule is CC1(C)c2c([c-]cc3ccccc23)-c2nccc3cc(-c4ccccc4)nc1c23.CCC(CC)C(=O)/C=C(\O)C(CC)CC.[Ir]. The van der Waals surface area contributed by atoms with Gasteiger partial charge in [0.1, 0.15) is 0 Å². The number of carbonyl (C=O) groups is 1. The standard InChI is InChI=1S/C27H19N2.C13H24O2.Ir/c1-27(2)24-20-11-7-6-8-17(20)12-13-21(24)25-23-19(14-15-28-25)16-22(29-26(23)27)18-9-4-3-5-10-18;1-5-10(6-2)12(14)9-13(15)11(7-3)8-4;/h3-12,14-16H,1-2H3;9-11,14H,5-8H2,1-4H3;/q-1;;/b;12-9-;. The van der Waals surface area contributed by atoms with Crippen LogP contribution in [0.4, 0.5) is 0 Å². The van der Waals surface area contributed by atoms with E-state index in [0.29, 0.717) is 0 Å². The van der Waals surface area contributed by atoms with Gasteiger partial charge < -0.3 is 10.1 Å². The van der Waals surface area contributed by atoms with Crippen LogP contribution in [0.1, 0.15) is 78.5 Å². The summed E-state index contributed by atoms with van der Waals surface area (Å²) >= 11 is 0. The van der Waals surface area contributed by atoms with Gasteiger partial charge in [0.05, 0.1) is 11.5 Å². The Hall–Kier alpha value is -3.66. The number of hydrogen-bond donors (Lipinski definition) is 1. The fraction of sp³-hybridized carbons (Fsp3) is 0.325. The zero-order valence-corrected chi connectivity index (χ0v) is 29.5. The van der Waals surface area contributed by atoms with Crippen molar-refractivity contribution in [2.75, 3.05) is 0 Å². The van der Waals surface area contributed by atoms with E-state index in [1.807, 2.05) is 40.0 Å². The zero-order valence-electron chi connectivity index (χ0n) is 27.1. The number of aliphatic hydroxyl groups excluding tert-OH is 1. The number of ketones is 1. The molecule has 1 N–H and O–H groups in total. The number of hydrogen-bond acceptors (Lipinski definition) is 4. The molecule has 0 atom stereocenters. The summed E-state index contributed by atoms with van der Waals surface area (Å²) in [5, 5.41) is 14.5. The molecule has 0 unspecified atom stereocenters. The first-order chi connectivity index (χ1) is 21.2. The fourth-order valence-electron chi connectivity index (χ4n) is 6.54. The minimum atomic E-state index is -0.258. The summed E-state index contributed by atoms with van der Waals surface area (Å²) in [6.07, 6.45) is 6.81. The second kappa shape index (κ2) is 14.6. The second-order valence-corrected chi connectivity index (χ2v) is 12.2. The van der Waals surface area contributed by atoms with Crippen molar-refractivity contribution in [2.45, 2.75) is 72.6 Å². The summed E-state index contributed by atoms with van der Waals surface area (Å²) in [7, 11) is 0. The number of pyridine rings is 2. The molecule has 5 heteroatoms.